The largest absolute Gasteiger partial charge is 0.268 e. The lowest BCUT2D eigenvalue weighted by atomic mass is 10.2. The van der Waals surface area contributed by atoms with E-state index in [0.717, 1.165) is 16.9 Å². The van der Waals surface area contributed by atoms with Crippen LogP contribution in [0.25, 0.3) is 16.7 Å². The topological polar surface area (TPSA) is 47.8 Å². The van der Waals surface area contributed by atoms with Crippen LogP contribution in [0.5, 0.6) is 0 Å². The fraction of sp³-hybridized carbons (Fsp3) is 0.188. The van der Waals surface area contributed by atoms with Gasteiger partial charge >= 0.3 is 0 Å². The maximum atomic E-state index is 12.9. The van der Waals surface area contributed by atoms with Crippen molar-refractivity contribution in [2.45, 2.75) is 19.0 Å². The van der Waals surface area contributed by atoms with Gasteiger partial charge < -0.3 is 0 Å². The zero-order valence-electron chi connectivity index (χ0n) is 12.1. The summed E-state index contributed by atoms with van der Waals surface area (Å²) in [5.41, 5.74) is 3.06. The van der Waals surface area contributed by atoms with Gasteiger partial charge in [0.25, 0.3) is 5.56 Å². The zero-order chi connectivity index (χ0) is 15.0. The normalized spacial score (nSPS) is 11.0. The minimum Gasteiger partial charge on any atom is -0.268 e. The highest BCUT2D eigenvalue weighted by Crippen LogP contribution is 2.20. The fourth-order valence-corrected chi connectivity index (χ4v) is 2.99. The lowest BCUT2D eigenvalue weighted by Gasteiger charge is -2.12. The number of aryl methyl sites for hydroxylation is 2. The number of rotatable bonds is 2. The van der Waals surface area contributed by atoms with Crippen molar-refractivity contribution in [3.05, 3.63) is 58.0 Å². The SMILES string of the molecule is CSc1nc2nc(C)cc(C)c2c(=O)n1-c1ccccc1. The summed E-state index contributed by atoms with van der Waals surface area (Å²) in [6.07, 6.45) is 1.91. The molecule has 0 spiro atoms. The number of hydrogen-bond donors (Lipinski definition) is 0. The Morgan fingerprint density at radius 1 is 1.10 bits per heavy atom. The minimum absolute atomic E-state index is 0.0689. The zero-order valence-corrected chi connectivity index (χ0v) is 12.9. The maximum Gasteiger partial charge on any atom is 0.268 e. The molecule has 0 amide bonds. The Hall–Kier alpha value is -2.14. The molecule has 0 fully saturated rings. The third kappa shape index (κ3) is 2.34. The van der Waals surface area contributed by atoms with Crippen molar-refractivity contribution in [3.63, 3.8) is 0 Å². The summed E-state index contributed by atoms with van der Waals surface area (Å²) in [6, 6.07) is 11.5. The van der Waals surface area contributed by atoms with Gasteiger partial charge in [-0.3, -0.25) is 9.36 Å². The van der Waals surface area contributed by atoms with Gasteiger partial charge in [-0.1, -0.05) is 30.0 Å². The summed E-state index contributed by atoms with van der Waals surface area (Å²) in [7, 11) is 0. The molecule has 0 aliphatic carbocycles. The Balaban J connectivity index is 2.45. The molecular formula is C16H15N3OS. The molecule has 5 heteroatoms. The fourth-order valence-electron chi connectivity index (χ4n) is 2.44. The summed E-state index contributed by atoms with van der Waals surface area (Å²) in [4.78, 5) is 21.9. The van der Waals surface area contributed by atoms with Crippen LogP contribution in [0, 0.1) is 13.8 Å². The lowest BCUT2D eigenvalue weighted by Crippen LogP contribution is -2.22. The van der Waals surface area contributed by atoms with Gasteiger partial charge in [0.05, 0.1) is 11.1 Å². The van der Waals surface area contributed by atoms with E-state index in [9.17, 15) is 4.79 Å². The van der Waals surface area contributed by atoms with E-state index in [1.165, 1.54) is 11.8 Å². The third-order valence-electron chi connectivity index (χ3n) is 3.33. The number of nitrogens with zero attached hydrogens (tertiary/aromatic N) is 3. The standard InChI is InChI=1S/C16H15N3OS/c1-10-9-11(2)17-14-13(10)15(20)19(16(18-14)21-3)12-7-5-4-6-8-12/h4-9H,1-3H3. The van der Waals surface area contributed by atoms with E-state index in [4.69, 9.17) is 0 Å². The monoisotopic (exact) mass is 297 g/mol. The van der Waals surface area contributed by atoms with Gasteiger partial charge in [0.1, 0.15) is 0 Å². The van der Waals surface area contributed by atoms with E-state index in [1.54, 1.807) is 4.57 Å². The van der Waals surface area contributed by atoms with Crippen molar-refractivity contribution >= 4 is 22.8 Å². The van der Waals surface area contributed by atoms with Crippen molar-refractivity contribution in [1.82, 2.24) is 14.5 Å². The smallest absolute Gasteiger partial charge is 0.268 e. The van der Waals surface area contributed by atoms with Gasteiger partial charge in [0.15, 0.2) is 10.8 Å². The number of aromatic nitrogens is 3. The van der Waals surface area contributed by atoms with Crippen molar-refractivity contribution in [1.29, 1.82) is 0 Å². The van der Waals surface area contributed by atoms with Crippen molar-refractivity contribution in [2.75, 3.05) is 6.26 Å². The van der Waals surface area contributed by atoms with Gasteiger partial charge in [0, 0.05) is 5.69 Å². The summed E-state index contributed by atoms with van der Waals surface area (Å²) in [5, 5.41) is 1.23. The van der Waals surface area contributed by atoms with E-state index in [1.807, 2.05) is 56.5 Å². The second kappa shape index (κ2) is 5.33. The van der Waals surface area contributed by atoms with Gasteiger partial charge in [-0.25, -0.2) is 9.97 Å². The Kier molecular flexibility index (Phi) is 3.51. The van der Waals surface area contributed by atoms with E-state index in [2.05, 4.69) is 9.97 Å². The molecule has 0 aliphatic heterocycles. The number of fused-ring (bicyclic) bond motifs is 1. The second-order valence-electron chi connectivity index (χ2n) is 4.85. The predicted octanol–water partition coefficient (Wildman–Crippen LogP) is 3.12. The Morgan fingerprint density at radius 3 is 2.48 bits per heavy atom. The van der Waals surface area contributed by atoms with Crippen LogP contribution < -0.4 is 5.56 Å². The number of thioether (sulfide) groups is 1. The van der Waals surface area contributed by atoms with Crippen molar-refractivity contribution in [3.8, 4) is 5.69 Å². The molecule has 106 valence electrons. The predicted molar refractivity (Wildman–Crippen MR) is 86.4 cm³/mol. The van der Waals surface area contributed by atoms with Crippen LogP contribution in [0.4, 0.5) is 0 Å². The molecule has 0 radical (unpaired) electrons. The molecule has 0 unspecified atom stereocenters. The average molecular weight is 297 g/mol. The summed E-state index contributed by atoms with van der Waals surface area (Å²) >= 11 is 1.44. The second-order valence-corrected chi connectivity index (χ2v) is 5.63. The van der Waals surface area contributed by atoms with Crippen LogP contribution >= 0.6 is 11.8 Å². The Labute approximate surface area is 126 Å². The summed E-state index contributed by atoms with van der Waals surface area (Å²) in [6.45, 7) is 3.84. The van der Waals surface area contributed by atoms with E-state index in [-0.39, 0.29) is 5.56 Å². The van der Waals surface area contributed by atoms with Crippen molar-refractivity contribution < 1.29 is 0 Å². The molecule has 2 heterocycles. The van der Waals surface area contributed by atoms with Gasteiger partial charge in [-0.2, -0.15) is 0 Å². The van der Waals surface area contributed by atoms with E-state index in [0.29, 0.717) is 16.2 Å². The quantitative estimate of drug-likeness (QED) is 0.538. The first-order valence-corrected chi connectivity index (χ1v) is 7.84. The molecule has 3 aromatic rings. The van der Waals surface area contributed by atoms with Gasteiger partial charge in [-0.05, 0) is 43.9 Å². The van der Waals surface area contributed by atoms with Crippen LogP contribution in [-0.4, -0.2) is 20.8 Å². The molecule has 0 saturated carbocycles. The minimum atomic E-state index is -0.0689. The van der Waals surface area contributed by atoms with Crippen LogP contribution in [0.15, 0.2) is 46.3 Å². The van der Waals surface area contributed by atoms with Crippen LogP contribution in [-0.2, 0) is 0 Å². The van der Waals surface area contributed by atoms with Gasteiger partial charge in [-0.15, -0.1) is 0 Å². The molecule has 0 aliphatic rings. The maximum absolute atomic E-state index is 12.9. The molecule has 3 rings (SSSR count). The molecule has 0 bridgehead atoms. The van der Waals surface area contributed by atoms with E-state index < -0.39 is 0 Å². The highest BCUT2D eigenvalue weighted by molar-refractivity contribution is 7.98. The van der Waals surface area contributed by atoms with Crippen molar-refractivity contribution in [2.24, 2.45) is 0 Å². The van der Waals surface area contributed by atoms with Gasteiger partial charge in [0.2, 0.25) is 0 Å². The third-order valence-corrected chi connectivity index (χ3v) is 3.97. The molecule has 4 nitrogen and oxygen atoms in total. The molecule has 0 N–H and O–H groups in total. The summed E-state index contributed by atoms with van der Waals surface area (Å²) < 4.78 is 1.65. The average Bonchev–Trinajstić information content (AvgIpc) is 2.46. The molecule has 2 aromatic heterocycles. The first-order chi connectivity index (χ1) is 10.1. The highest BCUT2D eigenvalue weighted by atomic mass is 32.2. The lowest BCUT2D eigenvalue weighted by molar-refractivity contribution is 0.814. The first kappa shape index (κ1) is 13.8. The Bertz CT molecular complexity index is 872. The van der Waals surface area contributed by atoms with Crippen LogP contribution in [0.2, 0.25) is 0 Å². The molecule has 21 heavy (non-hydrogen) atoms. The van der Waals surface area contributed by atoms with Crippen LogP contribution in [0.1, 0.15) is 11.3 Å². The molecule has 0 saturated heterocycles. The number of hydrogen-bond acceptors (Lipinski definition) is 4. The number of pyridine rings is 1. The first-order valence-electron chi connectivity index (χ1n) is 6.62. The summed E-state index contributed by atoms with van der Waals surface area (Å²) in [5.74, 6) is 0. The molecular weight excluding hydrogens is 282 g/mol. The highest BCUT2D eigenvalue weighted by Gasteiger charge is 2.14. The number of benzene rings is 1. The van der Waals surface area contributed by atoms with E-state index >= 15 is 0 Å². The molecule has 0 atom stereocenters. The van der Waals surface area contributed by atoms with Crippen LogP contribution in [0.3, 0.4) is 0 Å². The Morgan fingerprint density at radius 2 is 1.81 bits per heavy atom. The molecule has 1 aromatic carbocycles. The number of para-hydroxylation sites is 1.